The van der Waals surface area contributed by atoms with Crippen LogP contribution in [0.25, 0.3) is 0 Å². The highest BCUT2D eigenvalue weighted by Gasteiger charge is 2.13. The van der Waals surface area contributed by atoms with Gasteiger partial charge in [-0.25, -0.2) is 8.42 Å². The fraction of sp³-hybridized carbons (Fsp3) is 0.267. The van der Waals surface area contributed by atoms with E-state index in [0.29, 0.717) is 11.3 Å². The zero-order chi connectivity index (χ0) is 15.3. The third-order valence-corrected chi connectivity index (χ3v) is 4.52. The van der Waals surface area contributed by atoms with Crippen LogP contribution in [0.15, 0.2) is 53.5 Å². The van der Waals surface area contributed by atoms with Gasteiger partial charge in [0.05, 0.1) is 11.5 Å². The molecule has 0 atom stereocenters. The van der Waals surface area contributed by atoms with Gasteiger partial charge in [0.15, 0.2) is 9.84 Å². The molecule has 2 rings (SSSR count). The average Bonchev–Trinajstić information content (AvgIpc) is 2.43. The predicted octanol–water partition coefficient (Wildman–Crippen LogP) is 1.38. The first-order chi connectivity index (χ1) is 9.96. The van der Waals surface area contributed by atoms with Crippen molar-refractivity contribution in [3.05, 3.63) is 64.6 Å². The van der Waals surface area contributed by atoms with E-state index < -0.39 is 9.84 Å². The van der Waals surface area contributed by atoms with Crippen LogP contribution in [0.3, 0.4) is 0 Å². The van der Waals surface area contributed by atoms with Crippen molar-refractivity contribution >= 4 is 9.84 Å². The molecule has 0 saturated carbocycles. The summed E-state index contributed by atoms with van der Waals surface area (Å²) < 4.78 is 30.8. The molecule has 1 aromatic heterocycles. The Balaban J connectivity index is 1.92. The molecular weight excluding hydrogens is 290 g/mol. The maximum Gasteiger partial charge on any atom is 0.250 e. The summed E-state index contributed by atoms with van der Waals surface area (Å²) in [7, 11) is -1.69. The van der Waals surface area contributed by atoms with Gasteiger partial charge in [-0.3, -0.25) is 4.79 Å². The van der Waals surface area contributed by atoms with E-state index in [1.807, 2.05) is 18.2 Å². The molecule has 2 aromatic rings. The van der Waals surface area contributed by atoms with Crippen molar-refractivity contribution in [1.29, 1.82) is 0 Å². The van der Waals surface area contributed by atoms with Gasteiger partial charge in [-0.05, 0) is 23.8 Å². The number of hydrogen-bond acceptors (Lipinski definition) is 4. The first kappa shape index (κ1) is 15.3. The van der Waals surface area contributed by atoms with Crippen LogP contribution < -0.4 is 10.3 Å². The molecule has 0 spiro atoms. The number of sulfone groups is 1. The molecule has 112 valence electrons. The Labute approximate surface area is 123 Å². The van der Waals surface area contributed by atoms with Crippen molar-refractivity contribution in [2.45, 2.75) is 5.75 Å². The Bertz CT molecular complexity index is 751. The number of pyridine rings is 1. The third-order valence-electron chi connectivity index (χ3n) is 2.96. The van der Waals surface area contributed by atoms with Gasteiger partial charge in [0, 0.05) is 19.3 Å². The molecule has 1 heterocycles. The minimum absolute atomic E-state index is 0.0862. The van der Waals surface area contributed by atoms with Crippen LogP contribution in [0.5, 0.6) is 5.75 Å². The molecule has 0 radical (unpaired) electrons. The molecule has 0 amide bonds. The van der Waals surface area contributed by atoms with E-state index in [1.54, 1.807) is 31.4 Å². The minimum Gasteiger partial charge on any atom is -0.493 e. The summed E-state index contributed by atoms with van der Waals surface area (Å²) >= 11 is 0. The Morgan fingerprint density at radius 3 is 2.52 bits per heavy atom. The number of nitrogens with zero attached hydrogens (tertiary/aromatic N) is 1. The lowest BCUT2D eigenvalue weighted by atomic mass is 10.3. The maximum absolute atomic E-state index is 12.0. The Morgan fingerprint density at radius 2 is 1.86 bits per heavy atom. The van der Waals surface area contributed by atoms with Gasteiger partial charge in [-0.2, -0.15) is 0 Å². The number of hydrogen-bond donors (Lipinski definition) is 0. The van der Waals surface area contributed by atoms with E-state index >= 15 is 0 Å². The van der Waals surface area contributed by atoms with Crippen molar-refractivity contribution in [3.8, 4) is 5.75 Å². The Hall–Kier alpha value is -2.08. The lowest BCUT2D eigenvalue weighted by Gasteiger charge is -2.07. The number of aryl methyl sites for hydroxylation is 1. The molecule has 0 aliphatic heterocycles. The monoisotopic (exact) mass is 307 g/mol. The number of benzene rings is 1. The zero-order valence-electron chi connectivity index (χ0n) is 11.7. The number of aromatic nitrogens is 1. The van der Waals surface area contributed by atoms with E-state index in [0.717, 1.165) is 0 Å². The smallest absolute Gasteiger partial charge is 0.250 e. The van der Waals surface area contributed by atoms with Gasteiger partial charge < -0.3 is 9.30 Å². The first-order valence-corrected chi connectivity index (χ1v) is 8.32. The van der Waals surface area contributed by atoms with Crippen molar-refractivity contribution in [2.24, 2.45) is 7.05 Å². The van der Waals surface area contributed by atoms with Gasteiger partial charge >= 0.3 is 0 Å². The topological polar surface area (TPSA) is 65.4 Å². The molecule has 0 bridgehead atoms. The fourth-order valence-electron chi connectivity index (χ4n) is 1.81. The molecule has 0 unspecified atom stereocenters. The molecule has 0 N–H and O–H groups in total. The SMILES string of the molecule is Cn1ccc(CS(=O)(=O)CCOc2ccccc2)cc1=O. The molecular formula is C15H17NO4S. The van der Waals surface area contributed by atoms with Gasteiger partial charge in [0.1, 0.15) is 12.4 Å². The quantitative estimate of drug-likeness (QED) is 0.808. The molecule has 0 fully saturated rings. The third kappa shape index (κ3) is 4.75. The van der Waals surface area contributed by atoms with Crippen LogP contribution in [-0.4, -0.2) is 25.3 Å². The standard InChI is InChI=1S/C15H17NO4S/c1-16-8-7-13(11-15(16)17)12-21(18,19)10-9-20-14-5-3-2-4-6-14/h2-8,11H,9-10,12H2,1H3. The molecule has 0 saturated heterocycles. The molecule has 0 aliphatic carbocycles. The second kappa shape index (κ2) is 6.58. The van der Waals surface area contributed by atoms with Gasteiger partial charge in [0.25, 0.3) is 5.56 Å². The second-order valence-electron chi connectivity index (χ2n) is 4.74. The summed E-state index contributed by atoms with van der Waals surface area (Å²) in [6.07, 6.45) is 1.56. The lowest BCUT2D eigenvalue weighted by Crippen LogP contribution is -2.19. The van der Waals surface area contributed by atoms with Gasteiger partial charge in [-0.15, -0.1) is 0 Å². The number of rotatable bonds is 6. The fourth-order valence-corrected chi connectivity index (χ4v) is 2.98. The highest BCUT2D eigenvalue weighted by Crippen LogP contribution is 2.09. The summed E-state index contributed by atoms with van der Waals surface area (Å²) in [4.78, 5) is 11.5. The molecule has 1 aromatic carbocycles. The van der Waals surface area contributed by atoms with Crippen LogP contribution in [-0.2, 0) is 22.6 Å². The van der Waals surface area contributed by atoms with Crippen LogP contribution in [0.2, 0.25) is 0 Å². The Kier molecular flexibility index (Phi) is 4.80. The first-order valence-electron chi connectivity index (χ1n) is 6.50. The van der Waals surface area contributed by atoms with Gasteiger partial charge in [0.2, 0.25) is 0 Å². The molecule has 21 heavy (non-hydrogen) atoms. The highest BCUT2D eigenvalue weighted by molar-refractivity contribution is 7.90. The summed E-state index contributed by atoms with van der Waals surface area (Å²) in [5.41, 5.74) is 0.279. The lowest BCUT2D eigenvalue weighted by molar-refractivity contribution is 0.341. The summed E-state index contributed by atoms with van der Waals surface area (Å²) in [5.74, 6) is 0.402. The van der Waals surface area contributed by atoms with E-state index in [-0.39, 0.29) is 23.7 Å². The largest absolute Gasteiger partial charge is 0.493 e. The van der Waals surface area contributed by atoms with Crippen LogP contribution in [0, 0.1) is 0 Å². The highest BCUT2D eigenvalue weighted by atomic mass is 32.2. The van der Waals surface area contributed by atoms with E-state index in [2.05, 4.69) is 0 Å². The van der Waals surface area contributed by atoms with Crippen LogP contribution >= 0.6 is 0 Å². The normalized spacial score (nSPS) is 11.3. The van der Waals surface area contributed by atoms with Gasteiger partial charge in [-0.1, -0.05) is 18.2 Å². The molecule has 5 nitrogen and oxygen atoms in total. The number of ether oxygens (including phenoxy) is 1. The zero-order valence-corrected chi connectivity index (χ0v) is 12.5. The van der Waals surface area contributed by atoms with E-state index in [9.17, 15) is 13.2 Å². The van der Waals surface area contributed by atoms with Crippen LogP contribution in [0.1, 0.15) is 5.56 Å². The van der Waals surface area contributed by atoms with E-state index in [1.165, 1.54) is 10.6 Å². The molecule has 6 heteroatoms. The average molecular weight is 307 g/mol. The van der Waals surface area contributed by atoms with Crippen molar-refractivity contribution in [3.63, 3.8) is 0 Å². The van der Waals surface area contributed by atoms with E-state index in [4.69, 9.17) is 4.74 Å². The second-order valence-corrected chi connectivity index (χ2v) is 6.92. The van der Waals surface area contributed by atoms with Crippen molar-refractivity contribution in [2.75, 3.05) is 12.4 Å². The van der Waals surface area contributed by atoms with Crippen molar-refractivity contribution in [1.82, 2.24) is 4.57 Å². The maximum atomic E-state index is 12.0. The van der Waals surface area contributed by atoms with Crippen molar-refractivity contribution < 1.29 is 13.2 Å². The minimum atomic E-state index is -3.31. The summed E-state index contributed by atoms with van der Waals surface area (Å²) in [6.45, 7) is 0.0944. The van der Waals surface area contributed by atoms with Crippen LogP contribution in [0.4, 0.5) is 0 Å². The molecule has 0 aliphatic rings. The summed E-state index contributed by atoms with van der Waals surface area (Å²) in [5, 5.41) is 0. The predicted molar refractivity (Wildman–Crippen MR) is 81.1 cm³/mol. The Morgan fingerprint density at radius 1 is 1.14 bits per heavy atom. The summed E-state index contributed by atoms with van der Waals surface area (Å²) in [6, 6.07) is 12.0. The number of para-hydroxylation sites is 1.